The van der Waals surface area contributed by atoms with Gasteiger partial charge in [0.05, 0.1) is 0 Å². The third-order valence-electron chi connectivity index (χ3n) is 1.39. The highest BCUT2D eigenvalue weighted by Gasteiger charge is 1.95. The Morgan fingerprint density at radius 2 is 1.00 bits per heavy atom. The molecule has 0 N–H and O–H groups in total. The SMILES string of the molecule is C.C.CC(C)(C)C.CCC(C)CC. The molecule has 0 radical (unpaired) electrons. The van der Waals surface area contributed by atoms with E-state index in [0.717, 1.165) is 5.92 Å². The van der Waals surface area contributed by atoms with Gasteiger partial charge in [-0.1, -0.05) is 76.2 Å². The van der Waals surface area contributed by atoms with E-state index < -0.39 is 0 Å². The Bertz CT molecular complexity index is 56.6. The van der Waals surface area contributed by atoms with E-state index in [4.69, 9.17) is 0 Å². The Kier molecular flexibility index (Phi) is 21.3. The fraction of sp³-hybridized carbons (Fsp3) is 1.00. The number of rotatable bonds is 2. The molecular weight excluding hydrogens is 156 g/mol. The Morgan fingerprint density at radius 3 is 1.00 bits per heavy atom. The van der Waals surface area contributed by atoms with Crippen LogP contribution in [0.25, 0.3) is 0 Å². The van der Waals surface area contributed by atoms with Gasteiger partial charge < -0.3 is 0 Å². The summed E-state index contributed by atoms with van der Waals surface area (Å²) in [5.41, 5.74) is 0.500. The predicted octanol–water partition coefficient (Wildman–Crippen LogP) is 5.77. The van der Waals surface area contributed by atoms with E-state index in [9.17, 15) is 0 Å². The molecule has 0 saturated heterocycles. The zero-order chi connectivity index (χ0) is 9.49. The van der Waals surface area contributed by atoms with Gasteiger partial charge in [0.1, 0.15) is 0 Å². The van der Waals surface area contributed by atoms with Crippen molar-refractivity contribution in [3.05, 3.63) is 0 Å². The third-order valence-corrected chi connectivity index (χ3v) is 1.39. The van der Waals surface area contributed by atoms with Crippen LogP contribution in [0, 0.1) is 11.3 Å². The van der Waals surface area contributed by atoms with Crippen molar-refractivity contribution in [2.24, 2.45) is 11.3 Å². The quantitative estimate of drug-likeness (QED) is 0.519. The maximum absolute atomic E-state index is 2.28. The van der Waals surface area contributed by atoms with Crippen LogP contribution in [-0.4, -0.2) is 0 Å². The van der Waals surface area contributed by atoms with Gasteiger partial charge in [0.15, 0.2) is 0 Å². The lowest BCUT2D eigenvalue weighted by Crippen LogP contribution is -1.93. The highest BCUT2D eigenvalue weighted by Crippen LogP contribution is 2.08. The maximum Gasteiger partial charge on any atom is -0.0411 e. The average Bonchev–Trinajstić information content (AvgIpc) is 1.83. The van der Waals surface area contributed by atoms with Crippen molar-refractivity contribution in [2.75, 3.05) is 0 Å². The van der Waals surface area contributed by atoms with Crippen molar-refractivity contribution in [1.82, 2.24) is 0 Å². The van der Waals surface area contributed by atoms with Gasteiger partial charge in [0, 0.05) is 0 Å². The van der Waals surface area contributed by atoms with E-state index in [-0.39, 0.29) is 14.9 Å². The van der Waals surface area contributed by atoms with Crippen LogP contribution in [0.2, 0.25) is 0 Å². The second-order valence-electron chi connectivity index (χ2n) is 4.92. The third kappa shape index (κ3) is 75.0. The van der Waals surface area contributed by atoms with Crippen molar-refractivity contribution in [2.45, 2.75) is 76.2 Å². The monoisotopic (exact) mass is 190 g/mol. The first-order valence-corrected chi connectivity index (χ1v) is 4.81. The largest absolute Gasteiger partial charge is 0.0776 e. The van der Waals surface area contributed by atoms with E-state index >= 15 is 0 Å². The standard InChI is InChI=1S/C6H14.C5H12.2CH4/c1-4-6(3)5-2;1-5(2,3)4;;/h6H,4-5H2,1-3H3;1-4H3;2*1H4. The molecule has 0 heterocycles. The first-order valence-electron chi connectivity index (χ1n) is 4.81. The van der Waals surface area contributed by atoms with Crippen molar-refractivity contribution < 1.29 is 0 Å². The Labute approximate surface area is 88.1 Å². The highest BCUT2D eigenvalue weighted by molar-refractivity contribution is 4.47. The zero-order valence-electron chi connectivity index (χ0n) is 9.49. The minimum Gasteiger partial charge on any atom is -0.0776 e. The van der Waals surface area contributed by atoms with Crippen LogP contribution in [0.15, 0.2) is 0 Å². The summed E-state index contributed by atoms with van der Waals surface area (Å²) < 4.78 is 0. The van der Waals surface area contributed by atoms with E-state index in [1.54, 1.807) is 0 Å². The molecule has 86 valence electrons. The molecule has 0 fully saturated rings. The normalized spacial score (nSPS) is 9.23. The molecule has 0 aliphatic carbocycles. The molecule has 13 heavy (non-hydrogen) atoms. The molecule has 0 aromatic rings. The van der Waals surface area contributed by atoms with Crippen molar-refractivity contribution in [3.8, 4) is 0 Å². The fourth-order valence-electron chi connectivity index (χ4n) is 0.289. The summed E-state index contributed by atoms with van der Waals surface area (Å²) in [5.74, 6) is 0.935. The molecule has 0 unspecified atom stereocenters. The van der Waals surface area contributed by atoms with Gasteiger partial charge in [0.2, 0.25) is 0 Å². The van der Waals surface area contributed by atoms with Gasteiger partial charge in [-0.3, -0.25) is 0 Å². The molecule has 0 atom stereocenters. The summed E-state index contributed by atoms with van der Waals surface area (Å²) in [4.78, 5) is 0. The van der Waals surface area contributed by atoms with Crippen LogP contribution >= 0.6 is 0 Å². The summed E-state index contributed by atoms with van der Waals surface area (Å²) >= 11 is 0. The van der Waals surface area contributed by atoms with Gasteiger partial charge in [-0.25, -0.2) is 0 Å². The van der Waals surface area contributed by atoms with E-state index in [0.29, 0.717) is 5.41 Å². The van der Waals surface area contributed by atoms with Gasteiger partial charge in [-0.05, 0) is 11.3 Å². The highest BCUT2D eigenvalue weighted by atomic mass is 14.0. The molecule has 0 rings (SSSR count). The Balaban J connectivity index is -0.0000000546. The number of hydrogen-bond donors (Lipinski definition) is 0. The summed E-state index contributed by atoms with van der Waals surface area (Å²) in [6, 6.07) is 0. The van der Waals surface area contributed by atoms with Crippen LogP contribution < -0.4 is 0 Å². The molecule has 0 spiro atoms. The van der Waals surface area contributed by atoms with Gasteiger partial charge >= 0.3 is 0 Å². The summed E-state index contributed by atoms with van der Waals surface area (Å²) in [7, 11) is 0. The lowest BCUT2D eigenvalue weighted by molar-refractivity contribution is 0.469. The van der Waals surface area contributed by atoms with E-state index in [2.05, 4.69) is 48.5 Å². The fourth-order valence-corrected chi connectivity index (χ4v) is 0.289. The second kappa shape index (κ2) is 12.0. The molecule has 0 heteroatoms. The van der Waals surface area contributed by atoms with Crippen LogP contribution in [0.4, 0.5) is 0 Å². The van der Waals surface area contributed by atoms with Crippen molar-refractivity contribution in [1.29, 1.82) is 0 Å². The molecule has 0 aliphatic rings. The first-order chi connectivity index (χ1) is 4.81. The zero-order valence-corrected chi connectivity index (χ0v) is 9.49. The summed E-state index contributed by atoms with van der Waals surface area (Å²) in [6.07, 6.45) is 2.66. The maximum atomic E-state index is 2.28. The lowest BCUT2D eigenvalue weighted by Gasteiger charge is -2.05. The van der Waals surface area contributed by atoms with Crippen LogP contribution in [0.5, 0.6) is 0 Å². The van der Waals surface area contributed by atoms with Gasteiger partial charge in [0.25, 0.3) is 0 Å². The van der Waals surface area contributed by atoms with Crippen LogP contribution in [-0.2, 0) is 0 Å². The minimum atomic E-state index is 0. The van der Waals surface area contributed by atoms with Crippen LogP contribution in [0.3, 0.4) is 0 Å². The van der Waals surface area contributed by atoms with Gasteiger partial charge in [-0.2, -0.15) is 0 Å². The summed E-state index contributed by atoms with van der Waals surface area (Å²) in [6.45, 7) is 15.5. The van der Waals surface area contributed by atoms with E-state index in [1.807, 2.05) is 0 Å². The smallest absolute Gasteiger partial charge is 0.0411 e. The van der Waals surface area contributed by atoms with Gasteiger partial charge in [-0.15, -0.1) is 0 Å². The predicted molar refractivity (Wildman–Crippen MR) is 68.3 cm³/mol. The molecule has 0 amide bonds. The molecule has 0 saturated carbocycles. The molecule has 0 nitrogen and oxygen atoms in total. The average molecular weight is 190 g/mol. The second-order valence-corrected chi connectivity index (χ2v) is 4.92. The Hall–Kier alpha value is 0. The topological polar surface area (TPSA) is 0 Å². The molecule has 0 bridgehead atoms. The molecule has 0 aromatic heterocycles. The molecule has 0 aliphatic heterocycles. The number of hydrogen-bond acceptors (Lipinski definition) is 0. The first kappa shape index (κ1) is 23.1. The molecule has 0 aromatic carbocycles. The molecular formula is C13H34. The van der Waals surface area contributed by atoms with Crippen molar-refractivity contribution in [3.63, 3.8) is 0 Å². The Morgan fingerprint density at radius 1 is 0.846 bits per heavy atom. The summed E-state index contributed by atoms with van der Waals surface area (Å²) in [5, 5.41) is 0. The van der Waals surface area contributed by atoms with Crippen molar-refractivity contribution >= 4 is 0 Å². The minimum absolute atomic E-state index is 0. The lowest BCUT2D eigenvalue weighted by atomic mass is 10.0. The van der Waals surface area contributed by atoms with Crippen LogP contribution in [0.1, 0.15) is 76.2 Å². The van der Waals surface area contributed by atoms with E-state index in [1.165, 1.54) is 12.8 Å².